The predicted octanol–water partition coefficient (Wildman–Crippen LogP) is 1.16. The summed E-state index contributed by atoms with van der Waals surface area (Å²) in [6.45, 7) is 7.74. The summed E-state index contributed by atoms with van der Waals surface area (Å²) in [6.07, 6.45) is 4.42. The number of nitrogens with zero attached hydrogens (tertiary/aromatic N) is 3. The molecule has 1 N–H and O–H groups in total. The van der Waals surface area contributed by atoms with E-state index in [1.165, 1.54) is 10.7 Å². The zero-order valence-electron chi connectivity index (χ0n) is 17.5. The minimum Gasteiger partial charge on any atom is -0.339 e. The Hall–Kier alpha value is -1.48. The Morgan fingerprint density at radius 3 is 2.31 bits per heavy atom. The van der Waals surface area contributed by atoms with E-state index in [4.69, 9.17) is 0 Å². The Balaban J connectivity index is 1.74. The third-order valence-electron chi connectivity index (χ3n) is 5.87. The second-order valence-electron chi connectivity index (χ2n) is 7.87. The van der Waals surface area contributed by atoms with Crippen LogP contribution >= 0.6 is 0 Å². The van der Waals surface area contributed by atoms with Crippen LogP contribution in [0.15, 0.2) is 29.2 Å². The standard InChI is InChI=1S/C21H34N4O3S/c1-2-19-6-8-20(9-7-19)29(27,28)25(17-16-23-12-4-3-5-13-23)18-21(26)24-14-10-22-11-15-24/h6-9,22H,2-5,10-18H2,1H3. The number of benzene rings is 1. The lowest BCUT2D eigenvalue weighted by molar-refractivity contribution is -0.132. The lowest BCUT2D eigenvalue weighted by Gasteiger charge is -2.32. The summed E-state index contributed by atoms with van der Waals surface area (Å²) in [5, 5.41) is 3.23. The van der Waals surface area contributed by atoms with E-state index in [1.807, 2.05) is 19.1 Å². The van der Waals surface area contributed by atoms with Crippen LogP contribution in [0, 0.1) is 0 Å². The SMILES string of the molecule is CCc1ccc(S(=O)(=O)N(CCN2CCCCC2)CC(=O)N2CCNCC2)cc1. The minimum atomic E-state index is -3.72. The van der Waals surface area contributed by atoms with E-state index in [0.717, 1.165) is 51.0 Å². The summed E-state index contributed by atoms with van der Waals surface area (Å²) in [6, 6.07) is 7.04. The van der Waals surface area contributed by atoms with Gasteiger partial charge in [0.05, 0.1) is 11.4 Å². The smallest absolute Gasteiger partial charge is 0.243 e. The second-order valence-corrected chi connectivity index (χ2v) is 9.81. The molecule has 0 bridgehead atoms. The average molecular weight is 423 g/mol. The molecule has 0 unspecified atom stereocenters. The van der Waals surface area contributed by atoms with Crippen molar-refractivity contribution in [3.63, 3.8) is 0 Å². The number of nitrogens with one attached hydrogen (secondary N) is 1. The van der Waals surface area contributed by atoms with Crippen LogP contribution in [0.4, 0.5) is 0 Å². The number of likely N-dealkylation sites (tertiary alicyclic amines) is 1. The van der Waals surface area contributed by atoms with E-state index in [9.17, 15) is 13.2 Å². The minimum absolute atomic E-state index is 0.0916. The number of hydrogen-bond acceptors (Lipinski definition) is 5. The molecular formula is C21H34N4O3S. The average Bonchev–Trinajstić information content (AvgIpc) is 2.77. The zero-order chi connectivity index (χ0) is 20.7. The highest BCUT2D eigenvalue weighted by molar-refractivity contribution is 7.89. The number of hydrogen-bond donors (Lipinski definition) is 1. The molecule has 2 aliphatic rings. The number of rotatable bonds is 8. The number of aryl methyl sites for hydroxylation is 1. The fraction of sp³-hybridized carbons (Fsp3) is 0.667. The van der Waals surface area contributed by atoms with E-state index in [1.54, 1.807) is 17.0 Å². The molecule has 2 saturated heterocycles. The molecule has 29 heavy (non-hydrogen) atoms. The van der Waals surface area contributed by atoms with Crippen LogP contribution in [-0.2, 0) is 21.2 Å². The van der Waals surface area contributed by atoms with Crippen LogP contribution in [0.3, 0.4) is 0 Å². The molecule has 0 atom stereocenters. The highest BCUT2D eigenvalue weighted by Gasteiger charge is 2.29. The highest BCUT2D eigenvalue weighted by Crippen LogP contribution is 2.18. The van der Waals surface area contributed by atoms with Gasteiger partial charge >= 0.3 is 0 Å². The predicted molar refractivity (Wildman–Crippen MR) is 114 cm³/mol. The molecule has 7 nitrogen and oxygen atoms in total. The maximum absolute atomic E-state index is 13.3. The molecule has 0 saturated carbocycles. The summed E-state index contributed by atoms with van der Waals surface area (Å²) in [5.74, 6) is -0.112. The van der Waals surface area contributed by atoms with Crippen molar-refractivity contribution in [1.82, 2.24) is 19.4 Å². The van der Waals surface area contributed by atoms with Crippen LogP contribution in [0.25, 0.3) is 0 Å². The molecule has 8 heteroatoms. The van der Waals surface area contributed by atoms with Gasteiger partial charge in [-0.3, -0.25) is 4.79 Å². The Bertz CT molecular complexity index is 755. The first-order valence-corrected chi connectivity index (χ1v) is 12.2. The van der Waals surface area contributed by atoms with Crippen molar-refractivity contribution in [2.45, 2.75) is 37.5 Å². The van der Waals surface area contributed by atoms with Crippen molar-refractivity contribution in [2.24, 2.45) is 0 Å². The number of piperazine rings is 1. The number of sulfonamides is 1. The second kappa shape index (κ2) is 10.5. The first-order valence-electron chi connectivity index (χ1n) is 10.8. The van der Waals surface area contributed by atoms with E-state index in [0.29, 0.717) is 26.2 Å². The van der Waals surface area contributed by atoms with E-state index < -0.39 is 10.0 Å². The Labute approximate surface area is 175 Å². The quantitative estimate of drug-likeness (QED) is 0.681. The lowest BCUT2D eigenvalue weighted by Crippen LogP contribution is -2.51. The number of amides is 1. The number of piperidine rings is 1. The largest absolute Gasteiger partial charge is 0.339 e. The maximum atomic E-state index is 13.3. The third-order valence-corrected chi connectivity index (χ3v) is 7.72. The fourth-order valence-electron chi connectivity index (χ4n) is 3.93. The van der Waals surface area contributed by atoms with Crippen LogP contribution < -0.4 is 5.32 Å². The van der Waals surface area contributed by atoms with Gasteiger partial charge in [-0.25, -0.2) is 8.42 Å². The summed E-state index contributed by atoms with van der Waals surface area (Å²) < 4.78 is 28.1. The summed E-state index contributed by atoms with van der Waals surface area (Å²) >= 11 is 0. The van der Waals surface area contributed by atoms with Gasteiger partial charge in [0.15, 0.2) is 0 Å². The van der Waals surface area contributed by atoms with Crippen molar-refractivity contribution in [2.75, 3.05) is 58.9 Å². The Morgan fingerprint density at radius 2 is 1.69 bits per heavy atom. The van der Waals surface area contributed by atoms with Gasteiger partial charge in [0.1, 0.15) is 0 Å². The molecule has 1 amide bonds. The van der Waals surface area contributed by atoms with E-state index >= 15 is 0 Å². The van der Waals surface area contributed by atoms with Crippen LogP contribution in [0.1, 0.15) is 31.7 Å². The van der Waals surface area contributed by atoms with Gasteiger partial charge in [0.2, 0.25) is 15.9 Å². The van der Waals surface area contributed by atoms with Crippen molar-refractivity contribution < 1.29 is 13.2 Å². The molecule has 1 aromatic rings. The van der Waals surface area contributed by atoms with Gasteiger partial charge in [0.25, 0.3) is 0 Å². The molecule has 0 radical (unpaired) electrons. The normalized spacial score (nSPS) is 18.9. The molecule has 2 fully saturated rings. The van der Waals surface area contributed by atoms with Crippen molar-refractivity contribution in [1.29, 1.82) is 0 Å². The molecule has 162 valence electrons. The van der Waals surface area contributed by atoms with Crippen molar-refractivity contribution in [3.05, 3.63) is 29.8 Å². The molecule has 2 aliphatic heterocycles. The zero-order valence-corrected chi connectivity index (χ0v) is 18.3. The Morgan fingerprint density at radius 1 is 1.03 bits per heavy atom. The van der Waals surface area contributed by atoms with Gasteiger partial charge in [-0.1, -0.05) is 25.5 Å². The van der Waals surface area contributed by atoms with Gasteiger partial charge in [-0.05, 0) is 50.0 Å². The van der Waals surface area contributed by atoms with E-state index in [2.05, 4.69) is 10.2 Å². The molecule has 0 aromatic heterocycles. The molecule has 1 aromatic carbocycles. The van der Waals surface area contributed by atoms with Crippen molar-refractivity contribution >= 4 is 15.9 Å². The fourth-order valence-corrected chi connectivity index (χ4v) is 5.31. The topological polar surface area (TPSA) is 73.0 Å². The highest BCUT2D eigenvalue weighted by atomic mass is 32.2. The molecule has 0 aliphatic carbocycles. The molecule has 3 rings (SSSR count). The first kappa shape index (κ1) is 22.2. The number of carbonyl (C=O) groups is 1. The van der Waals surface area contributed by atoms with Gasteiger partial charge in [0, 0.05) is 39.3 Å². The first-order chi connectivity index (χ1) is 14.0. The summed E-state index contributed by atoms with van der Waals surface area (Å²) in [7, 11) is -3.72. The Kier molecular flexibility index (Phi) is 8.06. The maximum Gasteiger partial charge on any atom is 0.243 e. The van der Waals surface area contributed by atoms with E-state index in [-0.39, 0.29) is 17.3 Å². The lowest BCUT2D eigenvalue weighted by atomic mass is 10.1. The summed E-state index contributed by atoms with van der Waals surface area (Å²) in [5.41, 5.74) is 1.10. The monoisotopic (exact) mass is 422 g/mol. The summed E-state index contributed by atoms with van der Waals surface area (Å²) in [4.78, 5) is 17.2. The number of carbonyl (C=O) groups excluding carboxylic acids is 1. The van der Waals surface area contributed by atoms with Crippen molar-refractivity contribution in [3.8, 4) is 0 Å². The van der Waals surface area contributed by atoms with Gasteiger partial charge in [-0.15, -0.1) is 0 Å². The molecule has 0 spiro atoms. The van der Waals surface area contributed by atoms with Crippen LogP contribution in [0.2, 0.25) is 0 Å². The molecular weight excluding hydrogens is 388 g/mol. The van der Waals surface area contributed by atoms with Gasteiger partial charge < -0.3 is 15.1 Å². The third kappa shape index (κ3) is 6.01. The van der Waals surface area contributed by atoms with Crippen LogP contribution in [-0.4, -0.2) is 87.3 Å². The van der Waals surface area contributed by atoms with Crippen LogP contribution in [0.5, 0.6) is 0 Å². The van der Waals surface area contributed by atoms with Gasteiger partial charge in [-0.2, -0.15) is 4.31 Å². The molecule has 2 heterocycles.